The van der Waals surface area contributed by atoms with Crippen LogP contribution in [-0.2, 0) is 6.54 Å². The van der Waals surface area contributed by atoms with E-state index in [-0.39, 0.29) is 5.91 Å². The number of nitrogens with two attached hydrogens (primary N) is 1. The molecule has 0 saturated carbocycles. The monoisotopic (exact) mass is 365 g/mol. The summed E-state index contributed by atoms with van der Waals surface area (Å²) in [5.41, 5.74) is 8.48. The number of pyridine rings is 1. The molecule has 0 aliphatic carbocycles. The molecule has 1 aromatic carbocycles. The lowest BCUT2D eigenvalue weighted by molar-refractivity contribution is 0.0757. The standard InChI is InChI=1S/C20H23N5O2/c1-3-24(12-13-25-11-5-9-23-25)20(26)16-7-4-6-15(14-16)18-19(27-2)17(21)8-10-22-18/h4-11,14H,3,12-13H2,1-2H3,(H2,21,22). The zero-order chi connectivity index (χ0) is 19.2. The lowest BCUT2D eigenvalue weighted by atomic mass is 10.1. The smallest absolute Gasteiger partial charge is 0.253 e. The predicted molar refractivity (Wildman–Crippen MR) is 104 cm³/mol. The van der Waals surface area contributed by atoms with E-state index in [9.17, 15) is 4.79 Å². The van der Waals surface area contributed by atoms with E-state index in [1.165, 1.54) is 0 Å². The predicted octanol–water partition coefficient (Wildman–Crippen LogP) is 2.70. The van der Waals surface area contributed by atoms with Crippen LogP contribution < -0.4 is 10.5 Å². The van der Waals surface area contributed by atoms with Crippen LogP contribution in [-0.4, -0.2) is 45.8 Å². The Morgan fingerprint density at radius 2 is 2.11 bits per heavy atom. The van der Waals surface area contributed by atoms with E-state index in [2.05, 4.69) is 10.1 Å². The Labute approximate surface area is 158 Å². The second-order valence-electron chi connectivity index (χ2n) is 6.02. The maximum atomic E-state index is 13.0. The first-order valence-electron chi connectivity index (χ1n) is 8.79. The van der Waals surface area contributed by atoms with Crippen LogP contribution in [0.1, 0.15) is 17.3 Å². The number of hydrogen-bond acceptors (Lipinski definition) is 5. The Morgan fingerprint density at radius 1 is 1.26 bits per heavy atom. The summed E-state index contributed by atoms with van der Waals surface area (Å²) < 4.78 is 7.20. The van der Waals surface area contributed by atoms with Crippen molar-refractivity contribution in [3.63, 3.8) is 0 Å². The summed E-state index contributed by atoms with van der Waals surface area (Å²) in [6, 6.07) is 10.9. The van der Waals surface area contributed by atoms with Crippen molar-refractivity contribution < 1.29 is 9.53 Å². The van der Waals surface area contributed by atoms with Gasteiger partial charge in [-0.2, -0.15) is 5.10 Å². The highest BCUT2D eigenvalue weighted by Crippen LogP contribution is 2.32. The molecule has 7 heteroatoms. The molecule has 3 aromatic rings. The minimum Gasteiger partial charge on any atom is -0.492 e. The molecule has 0 bridgehead atoms. The Bertz CT molecular complexity index is 908. The fourth-order valence-electron chi connectivity index (χ4n) is 2.92. The molecule has 2 aromatic heterocycles. The Morgan fingerprint density at radius 3 is 2.81 bits per heavy atom. The van der Waals surface area contributed by atoms with Crippen LogP contribution in [0.2, 0.25) is 0 Å². The molecule has 3 rings (SSSR count). The van der Waals surface area contributed by atoms with Gasteiger partial charge in [0, 0.05) is 42.8 Å². The van der Waals surface area contributed by atoms with Gasteiger partial charge in [0.05, 0.1) is 19.3 Å². The van der Waals surface area contributed by atoms with E-state index in [4.69, 9.17) is 10.5 Å². The molecule has 0 saturated heterocycles. The number of nitrogens with zero attached hydrogens (tertiary/aromatic N) is 4. The summed E-state index contributed by atoms with van der Waals surface area (Å²) in [5, 5.41) is 4.18. The molecule has 0 fully saturated rings. The van der Waals surface area contributed by atoms with Crippen molar-refractivity contribution in [1.29, 1.82) is 0 Å². The quantitative estimate of drug-likeness (QED) is 0.696. The molecule has 140 valence electrons. The molecule has 0 unspecified atom stereocenters. The van der Waals surface area contributed by atoms with Crippen LogP contribution in [0.3, 0.4) is 0 Å². The summed E-state index contributed by atoms with van der Waals surface area (Å²) in [7, 11) is 1.56. The fourth-order valence-corrected chi connectivity index (χ4v) is 2.92. The van der Waals surface area contributed by atoms with E-state index < -0.39 is 0 Å². The van der Waals surface area contributed by atoms with Gasteiger partial charge in [-0.1, -0.05) is 12.1 Å². The number of amides is 1. The zero-order valence-electron chi connectivity index (χ0n) is 15.5. The van der Waals surface area contributed by atoms with Gasteiger partial charge in [-0.15, -0.1) is 0 Å². The third kappa shape index (κ3) is 4.08. The highest BCUT2D eigenvalue weighted by molar-refractivity contribution is 5.95. The van der Waals surface area contributed by atoms with Gasteiger partial charge >= 0.3 is 0 Å². The molecule has 0 aliphatic rings. The minimum absolute atomic E-state index is 0.0330. The number of anilines is 1. The summed E-state index contributed by atoms with van der Waals surface area (Å²) >= 11 is 0. The molecular weight excluding hydrogens is 342 g/mol. The lowest BCUT2D eigenvalue weighted by Crippen LogP contribution is -2.33. The average Bonchev–Trinajstić information content (AvgIpc) is 3.22. The van der Waals surface area contributed by atoms with Crippen LogP contribution in [0.15, 0.2) is 55.0 Å². The number of methoxy groups -OCH3 is 1. The average molecular weight is 365 g/mol. The van der Waals surface area contributed by atoms with E-state index in [0.29, 0.717) is 42.3 Å². The van der Waals surface area contributed by atoms with Crippen LogP contribution >= 0.6 is 0 Å². The van der Waals surface area contributed by atoms with Crippen molar-refractivity contribution in [2.45, 2.75) is 13.5 Å². The number of likely N-dealkylation sites (N-methyl/N-ethyl adjacent to an activating group) is 1. The molecule has 2 N–H and O–H groups in total. The molecule has 0 atom stereocenters. The van der Waals surface area contributed by atoms with Gasteiger partial charge < -0.3 is 15.4 Å². The first kappa shape index (κ1) is 18.4. The van der Waals surface area contributed by atoms with Crippen molar-refractivity contribution in [2.24, 2.45) is 0 Å². The van der Waals surface area contributed by atoms with Gasteiger partial charge in [0.25, 0.3) is 5.91 Å². The number of rotatable bonds is 7. The third-order valence-corrected chi connectivity index (χ3v) is 4.35. The van der Waals surface area contributed by atoms with E-state index in [1.807, 2.05) is 42.1 Å². The summed E-state index contributed by atoms with van der Waals surface area (Å²) in [4.78, 5) is 19.1. The molecule has 2 heterocycles. The van der Waals surface area contributed by atoms with Crippen molar-refractivity contribution in [2.75, 3.05) is 25.9 Å². The van der Waals surface area contributed by atoms with Gasteiger partial charge in [-0.25, -0.2) is 0 Å². The Hall–Kier alpha value is -3.35. The summed E-state index contributed by atoms with van der Waals surface area (Å²) in [5.74, 6) is 0.475. The van der Waals surface area contributed by atoms with Gasteiger partial charge in [0.2, 0.25) is 0 Å². The molecule has 1 amide bonds. The van der Waals surface area contributed by atoms with Gasteiger partial charge in [-0.3, -0.25) is 14.5 Å². The summed E-state index contributed by atoms with van der Waals surface area (Å²) in [6.07, 6.45) is 5.24. The number of nitrogen functional groups attached to an aromatic ring is 1. The summed E-state index contributed by atoms with van der Waals surface area (Å²) in [6.45, 7) is 3.81. The van der Waals surface area contributed by atoms with Gasteiger partial charge in [0.15, 0.2) is 5.75 Å². The van der Waals surface area contributed by atoms with Crippen molar-refractivity contribution >= 4 is 11.6 Å². The SMILES string of the molecule is CCN(CCn1cccn1)C(=O)c1cccc(-c2nccc(N)c2OC)c1. The Kier molecular flexibility index (Phi) is 5.71. The lowest BCUT2D eigenvalue weighted by Gasteiger charge is -2.21. The van der Waals surface area contributed by atoms with Crippen LogP contribution in [0.4, 0.5) is 5.69 Å². The Balaban J connectivity index is 1.83. The molecule has 0 aliphatic heterocycles. The fraction of sp³-hybridized carbons (Fsp3) is 0.250. The second-order valence-corrected chi connectivity index (χ2v) is 6.02. The maximum Gasteiger partial charge on any atom is 0.253 e. The van der Waals surface area contributed by atoms with Gasteiger partial charge in [-0.05, 0) is 31.2 Å². The van der Waals surface area contributed by atoms with Crippen molar-refractivity contribution in [3.8, 4) is 17.0 Å². The van der Waals surface area contributed by atoms with Crippen LogP contribution in [0, 0.1) is 0 Å². The topological polar surface area (TPSA) is 86.3 Å². The number of hydrogen-bond donors (Lipinski definition) is 1. The largest absolute Gasteiger partial charge is 0.492 e. The third-order valence-electron chi connectivity index (χ3n) is 4.35. The van der Waals surface area contributed by atoms with E-state index >= 15 is 0 Å². The molecule has 27 heavy (non-hydrogen) atoms. The van der Waals surface area contributed by atoms with Crippen molar-refractivity contribution in [1.82, 2.24) is 19.7 Å². The molecule has 0 spiro atoms. The molecule has 0 radical (unpaired) electrons. The zero-order valence-corrected chi connectivity index (χ0v) is 15.5. The van der Waals surface area contributed by atoms with E-state index in [1.54, 1.807) is 36.5 Å². The second kappa shape index (κ2) is 8.35. The molecule has 7 nitrogen and oxygen atoms in total. The number of benzene rings is 1. The first-order valence-corrected chi connectivity index (χ1v) is 8.79. The first-order chi connectivity index (χ1) is 13.1. The minimum atomic E-state index is -0.0330. The van der Waals surface area contributed by atoms with E-state index in [0.717, 1.165) is 5.56 Å². The highest BCUT2D eigenvalue weighted by atomic mass is 16.5. The van der Waals surface area contributed by atoms with Crippen LogP contribution in [0.5, 0.6) is 5.75 Å². The molecular formula is C20H23N5O2. The number of carbonyl (C=O) groups is 1. The normalized spacial score (nSPS) is 10.6. The highest BCUT2D eigenvalue weighted by Gasteiger charge is 2.17. The van der Waals surface area contributed by atoms with Crippen LogP contribution in [0.25, 0.3) is 11.3 Å². The maximum absolute atomic E-state index is 13.0. The number of ether oxygens (including phenoxy) is 1. The number of aromatic nitrogens is 3. The number of carbonyl (C=O) groups excluding carboxylic acids is 1. The van der Waals surface area contributed by atoms with Gasteiger partial charge in [0.1, 0.15) is 5.69 Å². The van der Waals surface area contributed by atoms with Crippen molar-refractivity contribution in [3.05, 3.63) is 60.6 Å².